The second-order valence-corrected chi connectivity index (χ2v) is 4.24. The number of thiazole rings is 1. The first-order valence-corrected chi connectivity index (χ1v) is 5.45. The number of allylic oxidation sites excluding steroid dienone is 2. The Kier molecular flexibility index (Phi) is 2.68. The molecule has 0 saturated carbocycles. The first kappa shape index (κ1) is 10.4. The van der Waals surface area contributed by atoms with Crippen molar-refractivity contribution in [1.29, 1.82) is 10.5 Å². The summed E-state index contributed by atoms with van der Waals surface area (Å²) in [5.41, 5.74) is 1.67. The highest BCUT2D eigenvalue weighted by molar-refractivity contribution is 7.19. The predicted molar refractivity (Wildman–Crippen MR) is 63.4 cm³/mol. The van der Waals surface area contributed by atoms with Crippen molar-refractivity contribution >= 4 is 27.1 Å². The number of nitrogens with zero attached hydrogens (tertiary/aromatic N) is 3. The molecular formula is C12H7N3S. The monoisotopic (exact) mass is 225 g/mol. The van der Waals surface area contributed by atoms with Crippen molar-refractivity contribution in [3.8, 4) is 12.1 Å². The molecule has 4 heteroatoms. The molecule has 0 aliphatic rings. The highest BCUT2D eigenvalue weighted by Gasteiger charge is 2.09. The Morgan fingerprint density at radius 1 is 1.25 bits per heavy atom. The number of fused-ring (bicyclic) bond motifs is 1. The van der Waals surface area contributed by atoms with E-state index in [4.69, 9.17) is 10.5 Å². The standard InChI is InChI=1S/C12H7N3S/c1-8(9(6-13)7-14)12-15-10-4-2-3-5-11(10)16-12/h2-5H,1H3. The summed E-state index contributed by atoms with van der Waals surface area (Å²) in [4.78, 5) is 4.39. The molecule has 0 aliphatic heterocycles. The molecule has 2 rings (SSSR count). The van der Waals surface area contributed by atoms with Gasteiger partial charge in [-0.25, -0.2) is 4.98 Å². The van der Waals surface area contributed by atoms with Crippen LogP contribution >= 0.6 is 11.3 Å². The Hall–Kier alpha value is -2.17. The summed E-state index contributed by atoms with van der Waals surface area (Å²) in [6.07, 6.45) is 0. The van der Waals surface area contributed by atoms with E-state index < -0.39 is 0 Å². The van der Waals surface area contributed by atoms with E-state index in [1.165, 1.54) is 11.3 Å². The molecule has 1 aromatic heterocycles. The Morgan fingerprint density at radius 2 is 1.94 bits per heavy atom. The van der Waals surface area contributed by atoms with Crippen molar-refractivity contribution in [2.45, 2.75) is 6.92 Å². The van der Waals surface area contributed by atoms with Crippen LogP contribution in [0.15, 0.2) is 29.8 Å². The molecule has 0 N–H and O–H groups in total. The number of para-hydroxylation sites is 1. The summed E-state index contributed by atoms with van der Waals surface area (Å²) in [5, 5.41) is 18.3. The van der Waals surface area contributed by atoms with Gasteiger partial charge in [0.25, 0.3) is 0 Å². The van der Waals surface area contributed by atoms with Crippen molar-refractivity contribution in [3.63, 3.8) is 0 Å². The van der Waals surface area contributed by atoms with Crippen LogP contribution in [-0.2, 0) is 0 Å². The second kappa shape index (κ2) is 4.14. The van der Waals surface area contributed by atoms with Crippen LogP contribution in [-0.4, -0.2) is 4.98 Å². The molecule has 0 atom stereocenters. The summed E-state index contributed by atoms with van der Waals surface area (Å²) in [7, 11) is 0. The Labute approximate surface area is 96.9 Å². The van der Waals surface area contributed by atoms with Gasteiger partial charge in [-0.1, -0.05) is 12.1 Å². The van der Waals surface area contributed by atoms with Crippen molar-refractivity contribution in [2.75, 3.05) is 0 Å². The zero-order valence-corrected chi connectivity index (χ0v) is 9.38. The van der Waals surface area contributed by atoms with Gasteiger partial charge in [0.15, 0.2) is 0 Å². The van der Waals surface area contributed by atoms with E-state index in [1.54, 1.807) is 6.92 Å². The molecule has 76 valence electrons. The molecule has 0 fully saturated rings. The summed E-state index contributed by atoms with van der Waals surface area (Å²) in [5.74, 6) is 0. The van der Waals surface area contributed by atoms with Gasteiger partial charge in [0.05, 0.1) is 10.2 Å². The smallest absolute Gasteiger partial charge is 0.135 e. The third kappa shape index (κ3) is 1.67. The molecule has 1 heterocycles. The summed E-state index contributed by atoms with van der Waals surface area (Å²) in [6, 6.07) is 11.5. The Morgan fingerprint density at radius 3 is 2.56 bits per heavy atom. The van der Waals surface area contributed by atoms with Crippen LogP contribution < -0.4 is 0 Å². The van der Waals surface area contributed by atoms with E-state index in [0.717, 1.165) is 15.2 Å². The average molecular weight is 225 g/mol. The van der Waals surface area contributed by atoms with E-state index in [2.05, 4.69) is 4.98 Å². The lowest BCUT2D eigenvalue weighted by molar-refractivity contribution is 1.39. The second-order valence-electron chi connectivity index (χ2n) is 3.21. The molecular weight excluding hydrogens is 218 g/mol. The van der Waals surface area contributed by atoms with Gasteiger partial charge in [-0.05, 0) is 19.1 Å². The summed E-state index contributed by atoms with van der Waals surface area (Å²) >= 11 is 1.49. The minimum Gasteiger partial charge on any atom is -0.236 e. The van der Waals surface area contributed by atoms with Gasteiger partial charge in [-0.2, -0.15) is 10.5 Å². The number of hydrogen-bond donors (Lipinski definition) is 0. The van der Waals surface area contributed by atoms with Crippen LogP contribution in [0.4, 0.5) is 0 Å². The van der Waals surface area contributed by atoms with Gasteiger partial charge in [-0.3, -0.25) is 0 Å². The van der Waals surface area contributed by atoms with E-state index in [-0.39, 0.29) is 5.57 Å². The summed E-state index contributed by atoms with van der Waals surface area (Å²) in [6.45, 7) is 1.75. The topological polar surface area (TPSA) is 60.5 Å². The average Bonchev–Trinajstić information content (AvgIpc) is 2.74. The number of hydrogen-bond acceptors (Lipinski definition) is 4. The third-order valence-corrected chi connectivity index (χ3v) is 3.37. The number of nitriles is 2. The highest BCUT2D eigenvalue weighted by atomic mass is 32.1. The molecule has 1 aromatic carbocycles. The van der Waals surface area contributed by atoms with Gasteiger partial charge in [0.1, 0.15) is 22.7 Å². The van der Waals surface area contributed by atoms with Crippen LogP contribution in [0.5, 0.6) is 0 Å². The zero-order chi connectivity index (χ0) is 11.5. The fraction of sp³-hybridized carbons (Fsp3) is 0.0833. The van der Waals surface area contributed by atoms with Crippen LogP contribution in [0, 0.1) is 22.7 Å². The first-order valence-electron chi connectivity index (χ1n) is 4.63. The largest absolute Gasteiger partial charge is 0.236 e. The number of rotatable bonds is 1. The maximum atomic E-state index is 8.78. The molecule has 2 aromatic rings. The van der Waals surface area contributed by atoms with Gasteiger partial charge >= 0.3 is 0 Å². The SMILES string of the molecule is CC(=C(C#N)C#N)c1nc2ccccc2s1. The van der Waals surface area contributed by atoms with E-state index in [0.29, 0.717) is 5.57 Å². The normalized spacial score (nSPS) is 9.44. The van der Waals surface area contributed by atoms with Crippen molar-refractivity contribution < 1.29 is 0 Å². The van der Waals surface area contributed by atoms with Crippen molar-refractivity contribution in [2.24, 2.45) is 0 Å². The molecule has 0 radical (unpaired) electrons. The molecule has 0 aliphatic carbocycles. The minimum atomic E-state index is 0.124. The number of benzene rings is 1. The maximum Gasteiger partial charge on any atom is 0.135 e. The van der Waals surface area contributed by atoms with Gasteiger partial charge in [0, 0.05) is 5.57 Å². The lowest BCUT2D eigenvalue weighted by atomic mass is 10.2. The van der Waals surface area contributed by atoms with Crippen molar-refractivity contribution in [3.05, 3.63) is 34.8 Å². The van der Waals surface area contributed by atoms with E-state index in [9.17, 15) is 0 Å². The lowest BCUT2D eigenvalue weighted by Crippen LogP contribution is -1.82. The minimum absolute atomic E-state index is 0.124. The zero-order valence-electron chi connectivity index (χ0n) is 8.56. The van der Waals surface area contributed by atoms with E-state index in [1.807, 2.05) is 36.4 Å². The summed E-state index contributed by atoms with van der Waals surface area (Å²) < 4.78 is 1.06. The molecule has 0 bridgehead atoms. The van der Waals surface area contributed by atoms with Crippen LogP contribution in [0.1, 0.15) is 11.9 Å². The van der Waals surface area contributed by atoms with Gasteiger partial charge in [-0.15, -0.1) is 11.3 Å². The predicted octanol–water partition coefficient (Wildman–Crippen LogP) is 3.12. The van der Waals surface area contributed by atoms with Crippen molar-refractivity contribution in [1.82, 2.24) is 4.98 Å². The molecule has 16 heavy (non-hydrogen) atoms. The number of aromatic nitrogens is 1. The Balaban J connectivity index is 2.63. The third-order valence-electron chi connectivity index (χ3n) is 2.21. The molecule has 0 saturated heterocycles. The fourth-order valence-electron chi connectivity index (χ4n) is 1.33. The molecule has 3 nitrogen and oxygen atoms in total. The fourth-order valence-corrected chi connectivity index (χ4v) is 2.30. The quantitative estimate of drug-likeness (QED) is 0.700. The molecule has 0 amide bonds. The van der Waals surface area contributed by atoms with E-state index >= 15 is 0 Å². The van der Waals surface area contributed by atoms with Crippen LogP contribution in [0.3, 0.4) is 0 Å². The van der Waals surface area contributed by atoms with Crippen LogP contribution in [0.25, 0.3) is 15.8 Å². The Bertz CT molecular complexity index is 604. The van der Waals surface area contributed by atoms with Crippen LogP contribution in [0.2, 0.25) is 0 Å². The molecule has 0 unspecified atom stereocenters. The molecule has 0 spiro atoms. The van der Waals surface area contributed by atoms with Gasteiger partial charge < -0.3 is 0 Å². The maximum absolute atomic E-state index is 8.78. The first-order chi connectivity index (χ1) is 7.76. The highest BCUT2D eigenvalue weighted by Crippen LogP contribution is 2.28. The van der Waals surface area contributed by atoms with Gasteiger partial charge in [0.2, 0.25) is 0 Å². The lowest BCUT2D eigenvalue weighted by Gasteiger charge is -1.92.